The minimum absolute atomic E-state index is 0.0132. The van der Waals surface area contributed by atoms with Crippen LogP contribution in [0.1, 0.15) is 26.7 Å². The van der Waals surface area contributed by atoms with Crippen LogP contribution in [-0.4, -0.2) is 27.6 Å². The molecule has 7 nitrogen and oxygen atoms in total. The number of nitrogens with one attached hydrogen (secondary N) is 2. The van der Waals surface area contributed by atoms with Gasteiger partial charge in [0.15, 0.2) is 0 Å². The Hall–Kier alpha value is -3.09. The van der Waals surface area contributed by atoms with Gasteiger partial charge in [-0.25, -0.2) is 9.78 Å². The molecule has 1 aromatic heterocycles. The molecule has 0 aliphatic carbocycles. The molecule has 132 valence electrons. The van der Waals surface area contributed by atoms with Crippen molar-refractivity contribution >= 4 is 17.7 Å². The maximum absolute atomic E-state index is 12.1. The van der Waals surface area contributed by atoms with Gasteiger partial charge in [0.05, 0.1) is 0 Å². The van der Waals surface area contributed by atoms with E-state index in [0.29, 0.717) is 23.7 Å². The number of aliphatic carboxylic acids is 1. The summed E-state index contributed by atoms with van der Waals surface area (Å²) in [6.45, 7) is 3.55. The van der Waals surface area contributed by atoms with Gasteiger partial charge in [0.1, 0.15) is 5.75 Å². The second-order valence-electron chi connectivity index (χ2n) is 6.15. The molecule has 0 bridgehead atoms. The fraction of sp³-hybridized carbons (Fsp3) is 0.278. The second kappa shape index (κ2) is 8.14. The number of pyridine rings is 1. The Bertz CT molecular complexity index is 732. The summed E-state index contributed by atoms with van der Waals surface area (Å²) in [7, 11) is 0. The molecular weight excluding hydrogens is 322 g/mol. The molecule has 0 radical (unpaired) electrons. The first-order valence-electron chi connectivity index (χ1n) is 7.84. The fourth-order valence-electron chi connectivity index (χ4n) is 2.12. The normalized spacial score (nSPS) is 10.8. The van der Waals surface area contributed by atoms with E-state index in [1.807, 2.05) is 6.07 Å². The summed E-state index contributed by atoms with van der Waals surface area (Å²) in [4.78, 5) is 26.9. The van der Waals surface area contributed by atoms with E-state index in [-0.39, 0.29) is 6.42 Å². The van der Waals surface area contributed by atoms with Crippen LogP contribution in [0.3, 0.4) is 0 Å². The van der Waals surface area contributed by atoms with E-state index in [4.69, 9.17) is 9.84 Å². The van der Waals surface area contributed by atoms with Gasteiger partial charge in [0.2, 0.25) is 5.88 Å². The Morgan fingerprint density at radius 1 is 1.20 bits per heavy atom. The van der Waals surface area contributed by atoms with Crippen molar-refractivity contribution in [3.63, 3.8) is 0 Å². The van der Waals surface area contributed by atoms with Gasteiger partial charge in [-0.05, 0) is 38.5 Å². The smallest absolute Gasteiger partial charge is 0.319 e. The maximum Gasteiger partial charge on any atom is 0.319 e. The standard InChI is InChI=1S/C18H21N3O4/c1-18(2,10-9-16(22)23)21-17(24)20-13-6-5-7-14(12-13)25-15-8-3-4-11-19-15/h3-8,11-12H,9-10H2,1-2H3,(H,22,23)(H2,20,21,24). The lowest BCUT2D eigenvalue weighted by Gasteiger charge is -2.25. The highest BCUT2D eigenvalue weighted by Crippen LogP contribution is 2.22. The van der Waals surface area contributed by atoms with E-state index in [1.54, 1.807) is 56.4 Å². The van der Waals surface area contributed by atoms with Crippen molar-refractivity contribution in [1.82, 2.24) is 10.3 Å². The Labute approximate surface area is 146 Å². The highest BCUT2D eigenvalue weighted by molar-refractivity contribution is 5.90. The van der Waals surface area contributed by atoms with Crippen molar-refractivity contribution in [2.75, 3.05) is 5.32 Å². The maximum atomic E-state index is 12.1. The van der Waals surface area contributed by atoms with Crippen LogP contribution in [-0.2, 0) is 4.79 Å². The zero-order valence-corrected chi connectivity index (χ0v) is 14.2. The van der Waals surface area contributed by atoms with Crippen LogP contribution in [0.25, 0.3) is 0 Å². The third kappa shape index (κ3) is 6.50. The van der Waals surface area contributed by atoms with Crippen LogP contribution in [0.2, 0.25) is 0 Å². The summed E-state index contributed by atoms with van der Waals surface area (Å²) >= 11 is 0. The molecule has 2 amide bonds. The molecule has 25 heavy (non-hydrogen) atoms. The molecule has 0 saturated heterocycles. The number of hydrogen-bond acceptors (Lipinski definition) is 4. The highest BCUT2D eigenvalue weighted by atomic mass is 16.5. The van der Waals surface area contributed by atoms with Gasteiger partial charge in [-0.3, -0.25) is 4.79 Å². The summed E-state index contributed by atoms with van der Waals surface area (Å²) in [5.41, 5.74) is -0.0789. The summed E-state index contributed by atoms with van der Waals surface area (Å²) in [5, 5.41) is 14.2. The molecule has 1 heterocycles. The van der Waals surface area contributed by atoms with Crippen LogP contribution in [0.4, 0.5) is 10.5 Å². The number of carbonyl (C=O) groups is 2. The lowest BCUT2D eigenvalue weighted by molar-refractivity contribution is -0.137. The number of rotatable bonds is 7. The number of urea groups is 1. The third-order valence-corrected chi connectivity index (χ3v) is 3.37. The van der Waals surface area contributed by atoms with Crippen molar-refractivity contribution in [2.45, 2.75) is 32.2 Å². The number of amides is 2. The number of carbonyl (C=O) groups excluding carboxylic acids is 1. The summed E-state index contributed by atoms with van der Waals surface area (Å²) in [6, 6.07) is 11.9. The Kier molecular flexibility index (Phi) is 5.94. The minimum Gasteiger partial charge on any atom is -0.481 e. The number of nitrogens with zero attached hydrogens (tertiary/aromatic N) is 1. The van der Waals surface area contributed by atoms with Crippen molar-refractivity contribution < 1.29 is 19.4 Å². The van der Waals surface area contributed by atoms with Crippen LogP contribution < -0.4 is 15.4 Å². The molecule has 0 spiro atoms. The van der Waals surface area contributed by atoms with E-state index in [0.717, 1.165) is 0 Å². The van der Waals surface area contributed by atoms with Crippen molar-refractivity contribution in [3.8, 4) is 11.6 Å². The fourth-order valence-corrected chi connectivity index (χ4v) is 2.12. The third-order valence-electron chi connectivity index (χ3n) is 3.37. The molecule has 0 unspecified atom stereocenters. The lowest BCUT2D eigenvalue weighted by atomic mass is 9.99. The van der Waals surface area contributed by atoms with Crippen LogP contribution in [0, 0.1) is 0 Å². The van der Waals surface area contributed by atoms with Crippen LogP contribution >= 0.6 is 0 Å². The van der Waals surface area contributed by atoms with E-state index in [2.05, 4.69) is 15.6 Å². The number of benzene rings is 1. The quantitative estimate of drug-likeness (QED) is 0.712. The predicted octanol–water partition coefficient (Wildman–Crippen LogP) is 3.64. The number of anilines is 1. The van der Waals surface area contributed by atoms with E-state index in [9.17, 15) is 9.59 Å². The number of ether oxygens (including phenoxy) is 1. The molecule has 0 fully saturated rings. The summed E-state index contributed by atoms with van der Waals surface area (Å²) in [6.07, 6.45) is 1.95. The van der Waals surface area contributed by atoms with Crippen molar-refractivity contribution in [1.29, 1.82) is 0 Å². The van der Waals surface area contributed by atoms with Gasteiger partial charge in [0, 0.05) is 36.0 Å². The molecule has 3 N–H and O–H groups in total. The molecular formula is C18H21N3O4. The highest BCUT2D eigenvalue weighted by Gasteiger charge is 2.21. The van der Waals surface area contributed by atoms with Gasteiger partial charge in [-0.15, -0.1) is 0 Å². The molecule has 0 saturated carbocycles. The van der Waals surface area contributed by atoms with Gasteiger partial charge >= 0.3 is 12.0 Å². The molecule has 1 aromatic carbocycles. The number of aromatic nitrogens is 1. The zero-order valence-electron chi connectivity index (χ0n) is 14.2. The summed E-state index contributed by atoms with van der Waals surface area (Å²) < 4.78 is 5.62. The largest absolute Gasteiger partial charge is 0.481 e. The Morgan fingerprint density at radius 2 is 2.00 bits per heavy atom. The van der Waals surface area contributed by atoms with Crippen molar-refractivity contribution in [3.05, 3.63) is 48.7 Å². The second-order valence-corrected chi connectivity index (χ2v) is 6.15. The SMILES string of the molecule is CC(C)(CCC(=O)O)NC(=O)Nc1cccc(Oc2ccccn2)c1. The van der Waals surface area contributed by atoms with E-state index in [1.165, 1.54) is 0 Å². The number of hydrogen-bond donors (Lipinski definition) is 3. The topological polar surface area (TPSA) is 101 Å². The van der Waals surface area contributed by atoms with Crippen molar-refractivity contribution in [2.24, 2.45) is 0 Å². The molecule has 0 aliphatic rings. The first-order valence-corrected chi connectivity index (χ1v) is 7.84. The average molecular weight is 343 g/mol. The van der Waals surface area contributed by atoms with Crippen LogP contribution in [0.5, 0.6) is 11.6 Å². The Balaban J connectivity index is 1.94. The van der Waals surface area contributed by atoms with Crippen LogP contribution in [0.15, 0.2) is 48.7 Å². The van der Waals surface area contributed by atoms with Gasteiger partial charge in [-0.2, -0.15) is 0 Å². The average Bonchev–Trinajstić information content (AvgIpc) is 2.54. The first-order chi connectivity index (χ1) is 11.8. The number of carboxylic acid groups (broad SMARTS) is 1. The molecule has 2 rings (SSSR count). The van der Waals surface area contributed by atoms with Gasteiger partial charge in [-0.1, -0.05) is 12.1 Å². The Morgan fingerprint density at radius 3 is 2.68 bits per heavy atom. The first kappa shape index (κ1) is 18.3. The van der Waals surface area contributed by atoms with Gasteiger partial charge < -0.3 is 20.5 Å². The number of carboxylic acids is 1. The molecule has 2 aromatic rings. The lowest BCUT2D eigenvalue weighted by Crippen LogP contribution is -2.45. The predicted molar refractivity (Wildman–Crippen MR) is 93.9 cm³/mol. The van der Waals surface area contributed by atoms with E-state index < -0.39 is 17.5 Å². The van der Waals surface area contributed by atoms with Gasteiger partial charge in [0.25, 0.3) is 0 Å². The minimum atomic E-state index is -0.894. The van der Waals surface area contributed by atoms with E-state index >= 15 is 0 Å². The molecule has 0 atom stereocenters. The monoisotopic (exact) mass is 343 g/mol. The molecule has 0 aliphatic heterocycles. The summed E-state index contributed by atoms with van der Waals surface area (Å²) in [5.74, 6) is 0.107. The molecule has 7 heteroatoms. The zero-order chi connectivity index (χ0) is 18.3.